The van der Waals surface area contributed by atoms with E-state index in [4.69, 9.17) is 0 Å². The van der Waals surface area contributed by atoms with Gasteiger partial charge in [-0.15, -0.1) is 0 Å². The highest BCUT2D eigenvalue weighted by Gasteiger charge is 2.32. The summed E-state index contributed by atoms with van der Waals surface area (Å²) in [6.07, 6.45) is 2.30. The van der Waals surface area contributed by atoms with Crippen LogP contribution >= 0.6 is 0 Å². The summed E-state index contributed by atoms with van der Waals surface area (Å²) in [5, 5.41) is 2.65. The van der Waals surface area contributed by atoms with E-state index in [1.165, 1.54) is 18.6 Å². The first-order valence-corrected chi connectivity index (χ1v) is 7.76. The Morgan fingerprint density at radius 3 is 2.95 bits per heavy atom. The minimum atomic E-state index is -0.621. The van der Waals surface area contributed by atoms with Gasteiger partial charge in [0.2, 0.25) is 0 Å². The first-order chi connectivity index (χ1) is 10.6. The molecule has 2 amide bonds. The highest BCUT2D eigenvalue weighted by molar-refractivity contribution is 5.74. The Kier molecular flexibility index (Phi) is 4.29. The summed E-state index contributed by atoms with van der Waals surface area (Å²) in [7, 11) is 0. The minimum Gasteiger partial charge on any atom is -0.334 e. The molecule has 4 nitrogen and oxygen atoms in total. The van der Waals surface area contributed by atoms with Gasteiger partial charge in [-0.25, -0.2) is 13.6 Å². The van der Waals surface area contributed by atoms with E-state index in [0.717, 1.165) is 19.5 Å². The van der Waals surface area contributed by atoms with Crippen molar-refractivity contribution in [2.75, 3.05) is 26.2 Å². The van der Waals surface area contributed by atoms with Gasteiger partial charge in [-0.05, 0) is 37.9 Å². The van der Waals surface area contributed by atoms with Crippen LogP contribution in [0.3, 0.4) is 0 Å². The van der Waals surface area contributed by atoms with Gasteiger partial charge >= 0.3 is 6.03 Å². The maximum absolute atomic E-state index is 13.9. The summed E-state index contributed by atoms with van der Waals surface area (Å²) in [4.78, 5) is 16.4. The number of hydrogen-bond donors (Lipinski definition) is 1. The van der Waals surface area contributed by atoms with Crippen LogP contribution in [0.5, 0.6) is 0 Å². The Morgan fingerprint density at radius 1 is 1.32 bits per heavy atom. The molecule has 2 aliphatic rings. The number of fused-ring (bicyclic) bond motifs is 1. The molecule has 1 atom stereocenters. The zero-order valence-corrected chi connectivity index (χ0v) is 12.7. The van der Waals surface area contributed by atoms with Gasteiger partial charge in [-0.2, -0.15) is 0 Å². The molecule has 6 heteroatoms. The zero-order chi connectivity index (χ0) is 15.7. The number of piperazine rings is 1. The Labute approximate surface area is 129 Å². The fraction of sp³-hybridized carbons (Fsp3) is 0.562. The van der Waals surface area contributed by atoms with Gasteiger partial charge in [0.15, 0.2) is 0 Å². The topological polar surface area (TPSA) is 35.6 Å². The highest BCUT2D eigenvalue weighted by atomic mass is 19.1. The van der Waals surface area contributed by atoms with E-state index in [1.54, 1.807) is 11.8 Å². The number of aryl methyl sites for hydroxylation is 1. The lowest BCUT2D eigenvalue weighted by atomic mass is 10.1. The highest BCUT2D eigenvalue weighted by Crippen LogP contribution is 2.21. The molecular weight excluding hydrogens is 288 g/mol. The number of hydrogen-bond acceptors (Lipinski definition) is 2. The molecule has 2 heterocycles. The van der Waals surface area contributed by atoms with Crippen molar-refractivity contribution in [3.8, 4) is 0 Å². The molecule has 120 valence electrons. The molecule has 22 heavy (non-hydrogen) atoms. The lowest BCUT2D eigenvalue weighted by Gasteiger charge is -2.37. The fourth-order valence-electron chi connectivity index (χ4n) is 3.33. The molecule has 0 saturated carbocycles. The lowest BCUT2D eigenvalue weighted by molar-refractivity contribution is 0.117. The third-order valence-corrected chi connectivity index (χ3v) is 4.67. The van der Waals surface area contributed by atoms with Crippen LogP contribution in [0.25, 0.3) is 0 Å². The van der Waals surface area contributed by atoms with E-state index in [2.05, 4.69) is 10.2 Å². The molecule has 2 saturated heterocycles. The number of benzene rings is 1. The summed E-state index contributed by atoms with van der Waals surface area (Å²) in [6.45, 7) is 4.82. The van der Waals surface area contributed by atoms with Gasteiger partial charge in [0.05, 0.1) is 6.54 Å². The van der Waals surface area contributed by atoms with Gasteiger partial charge in [0.1, 0.15) is 11.6 Å². The van der Waals surface area contributed by atoms with Crippen molar-refractivity contribution in [2.24, 2.45) is 0 Å². The summed E-state index contributed by atoms with van der Waals surface area (Å²) in [5.74, 6) is -1.20. The summed E-state index contributed by atoms with van der Waals surface area (Å²) < 4.78 is 27.6. The molecule has 2 fully saturated rings. The Balaban J connectivity index is 1.60. The number of rotatable bonds is 2. The van der Waals surface area contributed by atoms with Crippen molar-refractivity contribution in [2.45, 2.75) is 32.4 Å². The largest absolute Gasteiger partial charge is 0.334 e. The second-order valence-corrected chi connectivity index (χ2v) is 6.09. The van der Waals surface area contributed by atoms with E-state index in [-0.39, 0.29) is 18.1 Å². The molecule has 0 aliphatic carbocycles. The molecule has 0 aromatic heterocycles. The molecule has 2 aliphatic heterocycles. The standard InChI is InChI=1S/C16H21F2N3O/c1-11-4-5-14(17)13(15(11)18)9-19-16(22)21-8-7-20-6-2-3-12(20)10-21/h4-5,12H,2-3,6-10H2,1H3,(H,19,22). The molecule has 1 aromatic rings. The molecule has 0 bridgehead atoms. The normalized spacial score (nSPS) is 21.8. The first kappa shape index (κ1) is 15.2. The third kappa shape index (κ3) is 2.92. The van der Waals surface area contributed by atoms with Crippen molar-refractivity contribution in [1.29, 1.82) is 0 Å². The van der Waals surface area contributed by atoms with Gasteiger partial charge in [0.25, 0.3) is 0 Å². The third-order valence-electron chi connectivity index (χ3n) is 4.67. The summed E-state index contributed by atoms with van der Waals surface area (Å²) in [6, 6.07) is 2.82. The number of halogens is 2. The van der Waals surface area contributed by atoms with E-state index in [9.17, 15) is 13.6 Å². The number of nitrogens with zero attached hydrogens (tertiary/aromatic N) is 2. The maximum Gasteiger partial charge on any atom is 0.317 e. The summed E-state index contributed by atoms with van der Waals surface area (Å²) in [5.41, 5.74) is 0.304. The molecule has 1 unspecified atom stereocenters. The van der Waals surface area contributed by atoms with Crippen LogP contribution in [-0.2, 0) is 6.54 Å². The Hall–Kier alpha value is -1.69. The van der Waals surface area contributed by atoms with Crippen molar-refractivity contribution in [3.05, 3.63) is 34.9 Å². The second kappa shape index (κ2) is 6.20. The molecule has 1 aromatic carbocycles. The molecular formula is C16H21F2N3O. The van der Waals surface area contributed by atoms with Crippen LogP contribution in [0.2, 0.25) is 0 Å². The smallest absolute Gasteiger partial charge is 0.317 e. The van der Waals surface area contributed by atoms with Crippen molar-refractivity contribution < 1.29 is 13.6 Å². The fourth-order valence-corrected chi connectivity index (χ4v) is 3.33. The monoisotopic (exact) mass is 309 g/mol. The first-order valence-electron chi connectivity index (χ1n) is 7.76. The molecule has 0 spiro atoms. The van der Waals surface area contributed by atoms with Gasteiger partial charge in [0, 0.05) is 31.2 Å². The number of carbonyl (C=O) groups excluding carboxylic acids is 1. The number of urea groups is 1. The predicted molar refractivity (Wildman–Crippen MR) is 79.5 cm³/mol. The zero-order valence-electron chi connectivity index (χ0n) is 12.7. The van der Waals surface area contributed by atoms with Crippen molar-refractivity contribution in [1.82, 2.24) is 15.1 Å². The van der Waals surface area contributed by atoms with Crippen LogP contribution in [0.4, 0.5) is 13.6 Å². The average Bonchev–Trinajstić information content (AvgIpc) is 2.98. The second-order valence-electron chi connectivity index (χ2n) is 6.09. The average molecular weight is 309 g/mol. The number of amides is 2. The number of nitrogens with one attached hydrogen (secondary N) is 1. The predicted octanol–water partition coefficient (Wildman–Crippen LogP) is 2.26. The molecule has 0 radical (unpaired) electrons. The number of carbonyl (C=O) groups is 1. The summed E-state index contributed by atoms with van der Waals surface area (Å²) >= 11 is 0. The van der Waals surface area contributed by atoms with Crippen molar-refractivity contribution in [3.63, 3.8) is 0 Å². The maximum atomic E-state index is 13.9. The van der Waals surface area contributed by atoms with Crippen LogP contribution in [0.15, 0.2) is 12.1 Å². The van der Waals surface area contributed by atoms with E-state index in [1.807, 2.05) is 0 Å². The Bertz CT molecular complexity index is 579. The van der Waals surface area contributed by atoms with Crippen LogP contribution in [-0.4, -0.2) is 48.1 Å². The van der Waals surface area contributed by atoms with Crippen LogP contribution in [0, 0.1) is 18.6 Å². The van der Waals surface area contributed by atoms with E-state index >= 15 is 0 Å². The SMILES string of the molecule is Cc1ccc(F)c(CNC(=O)N2CCN3CCCC3C2)c1F. The molecule has 1 N–H and O–H groups in total. The Morgan fingerprint density at radius 2 is 2.14 bits per heavy atom. The van der Waals surface area contributed by atoms with Gasteiger partial charge in [-0.3, -0.25) is 4.90 Å². The van der Waals surface area contributed by atoms with Crippen LogP contribution < -0.4 is 5.32 Å². The van der Waals surface area contributed by atoms with E-state index in [0.29, 0.717) is 24.7 Å². The van der Waals surface area contributed by atoms with Crippen LogP contribution in [0.1, 0.15) is 24.0 Å². The van der Waals surface area contributed by atoms with Gasteiger partial charge in [-0.1, -0.05) is 6.07 Å². The molecule has 3 rings (SSSR count). The minimum absolute atomic E-state index is 0.0761. The quantitative estimate of drug-likeness (QED) is 0.909. The lowest BCUT2D eigenvalue weighted by Crippen LogP contribution is -2.54. The van der Waals surface area contributed by atoms with E-state index < -0.39 is 11.6 Å². The van der Waals surface area contributed by atoms with Gasteiger partial charge < -0.3 is 10.2 Å². The van der Waals surface area contributed by atoms with Crippen molar-refractivity contribution >= 4 is 6.03 Å².